The summed E-state index contributed by atoms with van der Waals surface area (Å²) in [5, 5.41) is 7.55. The highest BCUT2D eigenvalue weighted by atomic mass is 15.2. The largest absolute Gasteiger partial charge is 0.289 e. The number of nitrogens with zero attached hydrogens (tertiary/aromatic N) is 3. The fourth-order valence-electron chi connectivity index (χ4n) is 1.83. The molecule has 0 atom stereocenters. The third kappa shape index (κ3) is 3.05. The lowest BCUT2D eigenvalue weighted by atomic mass is 10.0. The predicted molar refractivity (Wildman–Crippen MR) is 60.7 cm³/mol. The standard InChI is InChI=1S/C6H5N3.C6H12/c1-2-4-9-5-7-8-6(9)3-1;1-2-4-6-5-3-1/h1-5H;1-6H2. The van der Waals surface area contributed by atoms with Crippen molar-refractivity contribution < 1.29 is 0 Å². The summed E-state index contributed by atoms with van der Waals surface area (Å²) in [5.74, 6) is 0. The average molecular weight is 203 g/mol. The van der Waals surface area contributed by atoms with Gasteiger partial charge >= 0.3 is 0 Å². The minimum atomic E-state index is 0.887. The van der Waals surface area contributed by atoms with Gasteiger partial charge < -0.3 is 0 Å². The molecule has 0 spiro atoms. The summed E-state index contributed by atoms with van der Waals surface area (Å²) in [6, 6.07) is 5.79. The first-order valence-electron chi connectivity index (χ1n) is 5.71. The molecular weight excluding hydrogens is 186 g/mol. The summed E-state index contributed by atoms with van der Waals surface area (Å²) < 4.78 is 1.86. The van der Waals surface area contributed by atoms with Gasteiger partial charge in [-0.15, -0.1) is 10.2 Å². The monoisotopic (exact) mass is 203 g/mol. The van der Waals surface area contributed by atoms with Crippen molar-refractivity contribution in [1.82, 2.24) is 14.6 Å². The van der Waals surface area contributed by atoms with Crippen LogP contribution in [0.4, 0.5) is 0 Å². The molecule has 1 aliphatic rings. The molecule has 0 bridgehead atoms. The van der Waals surface area contributed by atoms with Crippen molar-refractivity contribution in [1.29, 1.82) is 0 Å². The van der Waals surface area contributed by atoms with Crippen LogP contribution in [0.2, 0.25) is 0 Å². The van der Waals surface area contributed by atoms with Gasteiger partial charge in [-0.25, -0.2) is 0 Å². The van der Waals surface area contributed by atoms with Crippen LogP contribution in [0.1, 0.15) is 38.5 Å². The first-order chi connectivity index (χ1) is 7.47. The lowest BCUT2D eigenvalue weighted by Gasteiger charge is -2.05. The van der Waals surface area contributed by atoms with E-state index >= 15 is 0 Å². The quantitative estimate of drug-likeness (QED) is 0.658. The Hall–Kier alpha value is -1.38. The molecule has 3 nitrogen and oxygen atoms in total. The first-order valence-corrected chi connectivity index (χ1v) is 5.71. The Morgan fingerprint density at radius 2 is 1.60 bits per heavy atom. The van der Waals surface area contributed by atoms with Crippen LogP contribution in [-0.2, 0) is 0 Å². The van der Waals surface area contributed by atoms with Crippen LogP contribution >= 0.6 is 0 Å². The maximum absolute atomic E-state index is 3.83. The molecule has 0 aromatic carbocycles. The van der Waals surface area contributed by atoms with Gasteiger partial charge in [-0.1, -0.05) is 44.6 Å². The predicted octanol–water partition coefficient (Wildman–Crippen LogP) is 3.07. The summed E-state index contributed by atoms with van der Waals surface area (Å²) in [6.07, 6.45) is 12.6. The Morgan fingerprint density at radius 1 is 0.933 bits per heavy atom. The number of rotatable bonds is 0. The van der Waals surface area contributed by atoms with E-state index in [-0.39, 0.29) is 0 Å². The van der Waals surface area contributed by atoms with Gasteiger partial charge in [0.2, 0.25) is 0 Å². The zero-order valence-corrected chi connectivity index (χ0v) is 8.97. The second kappa shape index (κ2) is 5.49. The molecule has 2 aromatic rings. The summed E-state index contributed by atoms with van der Waals surface area (Å²) >= 11 is 0. The summed E-state index contributed by atoms with van der Waals surface area (Å²) in [4.78, 5) is 0. The van der Waals surface area contributed by atoms with Crippen molar-refractivity contribution in [3.63, 3.8) is 0 Å². The number of aromatic nitrogens is 3. The Labute approximate surface area is 90.1 Å². The fraction of sp³-hybridized carbons (Fsp3) is 0.500. The number of hydrogen-bond acceptors (Lipinski definition) is 2. The zero-order chi connectivity index (χ0) is 10.3. The minimum absolute atomic E-state index is 0.887. The smallest absolute Gasteiger partial charge is 0.160 e. The minimum Gasteiger partial charge on any atom is -0.289 e. The van der Waals surface area contributed by atoms with Crippen LogP contribution in [0.15, 0.2) is 30.7 Å². The highest BCUT2D eigenvalue weighted by Gasteiger charge is 1.95. The van der Waals surface area contributed by atoms with Gasteiger partial charge in [0.25, 0.3) is 0 Å². The van der Waals surface area contributed by atoms with Gasteiger partial charge in [-0.2, -0.15) is 0 Å². The molecule has 1 fully saturated rings. The van der Waals surface area contributed by atoms with E-state index < -0.39 is 0 Å². The average Bonchev–Trinajstić information content (AvgIpc) is 2.80. The van der Waals surface area contributed by atoms with E-state index in [4.69, 9.17) is 0 Å². The molecular formula is C12H17N3. The highest BCUT2D eigenvalue weighted by molar-refractivity contribution is 5.34. The van der Waals surface area contributed by atoms with Crippen LogP contribution in [0.5, 0.6) is 0 Å². The second-order valence-electron chi connectivity index (χ2n) is 3.92. The molecule has 0 radical (unpaired) electrons. The summed E-state index contributed by atoms with van der Waals surface area (Å²) in [6.45, 7) is 0. The number of pyridine rings is 1. The molecule has 80 valence electrons. The molecule has 0 saturated heterocycles. The lowest BCUT2D eigenvalue weighted by molar-refractivity contribution is 0.504. The molecule has 2 heterocycles. The first kappa shape index (κ1) is 10.1. The van der Waals surface area contributed by atoms with E-state index in [0.717, 1.165) is 5.65 Å². The Bertz CT molecular complexity index is 349. The number of hydrogen-bond donors (Lipinski definition) is 0. The topological polar surface area (TPSA) is 30.2 Å². The normalized spacial score (nSPS) is 15.7. The van der Waals surface area contributed by atoms with E-state index in [0.29, 0.717) is 0 Å². The van der Waals surface area contributed by atoms with E-state index in [1.165, 1.54) is 38.5 Å². The van der Waals surface area contributed by atoms with Crippen LogP contribution < -0.4 is 0 Å². The van der Waals surface area contributed by atoms with Crippen LogP contribution in [0.25, 0.3) is 5.65 Å². The third-order valence-electron chi connectivity index (χ3n) is 2.70. The molecule has 0 amide bonds. The third-order valence-corrected chi connectivity index (χ3v) is 2.70. The van der Waals surface area contributed by atoms with Crippen molar-refractivity contribution in [3.8, 4) is 0 Å². The maximum atomic E-state index is 3.83. The molecule has 1 saturated carbocycles. The van der Waals surface area contributed by atoms with E-state index in [1.807, 2.05) is 28.8 Å². The van der Waals surface area contributed by atoms with Gasteiger partial charge in [0.1, 0.15) is 6.33 Å². The van der Waals surface area contributed by atoms with Crippen molar-refractivity contribution in [3.05, 3.63) is 30.7 Å². The molecule has 3 heteroatoms. The van der Waals surface area contributed by atoms with Crippen molar-refractivity contribution in [2.75, 3.05) is 0 Å². The van der Waals surface area contributed by atoms with E-state index in [2.05, 4.69) is 10.2 Å². The van der Waals surface area contributed by atoms with Crippen molar-refractivity contribution in [2.24, 2.45) is 0 Å². The van der Waals surface area contributed by atoms with Gasteiger partial charge in [0.15, 0.2) is 5.65 Å². The van der Waals surface area contributed by atoms with Gasteiger partial charge in [0.05, 0.1) is 0 Å². The molecule has 2 aromatic heterocycles. The Kier molecular flexibility index (Phi) is 3.71. The molecule has 3 rings (SSSR count). The van der Waals surface area contributed by atoms with E-state index in [1.54, 1.807) is 6.33 Å². The van der Waals surface area contributed by atoms with Gasteiger partial charge in [0, 0.05) is 6.20 Å². The maximum Gasteiger partial charge on any atom is 0.160 e. The summed E-state index contributed by atoms with van der Waals surface area (Å²) in [5.41, 5.74) is 0.887. The lowest BCUT2D eigenvalue weighted by Crippen LogP contribution is -1.85. The van der Waals surface area contributed by atoms with Crippen LogP contribution in [0, 0.1) is 0 Å². The number of fused-ring (bicyclic) bond motifs is 1. The summed E-state index contributed by atoms with van der Waals surface area (Å²) in [7, 11) is 0. The second-order valence-corrected chi connectivity index (χ2v) is 3.92. The fourth-order valence-corrected chi connectivity index (χ4v) is 1.83. The van der Waals surface area contributed by atoms with E-state index in [9.17, 15) is 0 Å². The van der Waals surface area contributed by atoms with Crippen molar-refractivity contribution in [2.45, 2.75) is 38.5 Å². The SMILES string of the molecule is C1CCCCC1.c1ccn2cnnc2c1. The zero-order valence-electron chi connectivity index (χ0n) is 8.97. The van der Waals surface area contributed by atoms with Crippen LogP contribution in [0.3, 0.4) is 0 Å². The molecule has 1 aliphatic carbocycles. The molecule has 0 N–H and O–H groups in total. The molecule has 15 heavy (non-hydrogen) atoms. The molecule has 0 unspecified atom stereocenters. The molecule has 0 aliphatic heterocycles. The Balaban J connectivity index is 0.000000124. The Morgan fingerprint density at radius 3 is 2.20 bits per heavy atom. The highest BCUT2D eigenvalue weighted by Crippen LogP contribution is 2.15. The van der Waals surface area contributed by atoms with Gasteiger partial charge in [-0.05, 0) is 12.1 Å². The van der Waals surface area contributed by atoms with Gasteiger partial charge in [-0.3, -0.25) is 4.40 Å². The van der Waals surface area contributed by atoms with Crippen molar-refractivity contribution >= 4 is 5.65 Å². The van der Waals surface area contributed by atoms with Crippen LogP contribution in [-0.4, -0.2) is 14.6 Å².